The second-order valence-corrected chi connectivity index (χ2v) is 9.88. The fraction of sp³-hybridized carbons (Fsp3) is 0. The van der Waals surface area contributed by atoms with Crippen LogP contribution in [0, 0.1) is 0 Å². The Morgan fingerprint density at radius 1 is 0.621 bits per heavy atom. The number of benzene rings is 4. The van der Waals surface area contributed by atoms with Crippen molar-refractivity contribution in [1.82, 2.24) is 3.97 Å². The molecule has 29 heavy (non-hydrogen) atoms. The molecule has 0 amide bonds. The van der Waals surface area contributed by atoms with Gasteiger partial charge in [0.05, 0.1) is 20.6 Å². The number of fused-ring (bicyclic) bond motifs is 7. The van der Waals surface area contributed by atoms with E-state index in [0.717, 1.165) is 36.5 Å². The van der Waals surface area contributed by atoms with Crippen molar-refractivity contribution in [3.8, 4) is 0 Å². The molecule has 5 heteroatoms. The summed E-state index contributed by atoms with van der Waals surface area (Å²) in [5.74, 6) is 0. The predicted molar refractivity (Wildman–Crippen MR) is 121 cm³/mol. The molecule has 0 atom stereocenters. The van der Waals surface area contributed by atoms with Crippen LogP contribution >= 0.6 is 11.3 Å². The monoisotopic (exact) mass is 413 g/mol. The third kappa shape index (κ3) is 2.26. The zero-order valence-corrected chi connectivity index (χ0v) is 16.9. The van der Waals surface area contributed by atoms with E-state index in [1.807, 2.05) is 42.5 Å². The van der Waals surface area contributed by atoms with Crippen LogP contribution in [0.5, 0.6) is 0 Å². The number of rotatable bonds is 2. The molecular weight excluding hydrogens is 398 g/mol. The molecule has 6 aromatic rings. The molecule has 0 bridgehead atoms. The van der Waals surface area contributed by atoms with E-state index < -0.39 is 10.0 Å². The Kier molecular flexibility index (Phi) is 3.43. The van der Waals surface area contributed by atoms with Crippen molar-refractivity contribution in [3.05, 3.63) is 91.0 Å². The van der Waals surface area contributed by atoms with E-state index in [0.29, 0.717) is 10.4 Å². The molecule has 0 saturated carbocycles. The summed E-state index contributed by atoms with van der Waals surface area (Å²) in [7, 11) is -3.75. The molecule has 0 aliphatic rings. The molecule has 0 spiro atoms. The molecule has 0 fully saturated rings. The highest BCUT2D eigenvalue weighted by atomic mass is 32.2. The minimum absolute atomic E-state index is 0.292. The van der Waals surface area contributed by atoms with E-state index in [1.54, 1.807) is 35.6 Å². The third-order valence-electron chi connectivity index (χ3n) is 5.42. The lowest BCUT2D eigenvalue weighted by atomic mass is 10.1. The van der Waals surface area contributed by atoms with Gasteiger partial charge in [0.15, 0.2) is 0 Å². The van der Waals surface area contributed by atoms with Gasteiger partial charge in [0.25, 0.3) is 10.0 Å². The van der Waals surface area contributed by atoms with Gasteiger partial charge in [0, 0.05) is 26.2 Å². The number of aromatic nitrogens is 1. The lowest BCUT2D eigenvalue weighted by Gasteiger charge is -2.09. The van der Waals surface area contributed by atoms with Crippen LogP contribution in [0.4, 0.5) is 0 Å². The molecule has 0 aliphatic carbocycles. The van der Waals surface area contributed by atoms with E-state index in [-0.39, 0.29) is 0 Å². The average Bonchev–Trinajstić information content (AvgIpc) is 3.30. The van der Waals surface area contributed by atoms with Crippen LogP contribution in [0.2, 0.25) is 0 Å². The molecule has 0 aliphatic heterocycles. The second-order valence-electron chi connectivity index (χ2n) is 7.04. The Hall–Kier alpha value is -3.15. The number of nitrogens with zero attached hydrogens (tertiary/aromatic N) is 1. The topological polar surface area (TPSA) is 39.1 Å². The fourth-order valence-corrected chi connectivity index (χ4v) is 7.00. The summed E-state index contributed by atoms with van der Waals surface area (Å²) in [6.45, 7) is 0. The van der Waals surface area contributed by atoms with Gasteiger partial charge >= 0.3 is 0 Å². The Morgan fingerprint density at radius 2 is 1.28 bits per heavy atom. The molecule has 140 valence electrons. The van der Waals surface area contributed by atoms with E-state index >= 15 is 0 Å². The number of hydrogen-bond acceptors (Lipinski definition) is 3. The van der Waals surface area contributed by atoms with E-state index in [4.69, 9.17) is 0 Å². The Labute approximate surface area is 171 Å². The molecule has 2 aromatic heterocycles. The summed E-state index contributed by atoms with van der Waals surface area (Å²) < 4.78 is 31.2. The zero-order valence-electron chi connectivity index (χ0n) is 15.2. The van der Waals surface area contributed by atoms with E-state index in [9.17, 15) is 8.42 Å². The normalized spacial score (nSPS) is 12.4. The highest BCUT2D eigenvalue weighted by molar-refractivity contribution is 7.90. The molecular formula is C24H15NO2S2. The molecule has 0 unspecified atom stereocenters. The van der Waals surface area contributed by atoms with Crippen molar-refractivity contribution in [2.45, 2.75) is 4.90 Å². The Balaban J connectivity index is 1.88. The maximum Gasteiger partial charge on any atom is 0.268 e. The first-order chi connectivity index (χ1) is 14.2. The Morgan fingerprint density at radius 3 is 2.10 bits per heavy atom. The summed E-state index contributed by atoms with van der Waals surface area (Å²) in [6, 6.07) is 28.8. The molecule has 0 saturated heterocycles. The van der Waals surface area contributed by atoms with Gasteiger partial charge in [0.1, 0.15) is 0 Å². The van der Waals surface area contributed by atoms with Crippen LogP contribution in [0.1, 0.15) is 0 Å². The van der Waals surface area contributed by atoms with Crippen molar-refractivity contribution in [2.24, 2.45) is 0 Å². The van der Waals surface area contributed by atoms with Crippen molar-refractivity contribution < 1.29 is 8.42 Å². The molecule has 6 rings (SSSR count). The Bertz CT molecular complexity index is 1660. The van der Waals surface area contributed by atoms with Crippen LogP contribution in [0.25, 0.3) is 42.0 Å². The molecule has 0 radical (unpaired) electrons. The zero-order chi connectivity index (χ0) is 19.6. The first kappa shape index (κ1) is 16.8. The lowest BCUT2D eigenvalue weighted by molar-refractivity contribution is 0.590. The fourth-order valence-electron chi connectivity index (χ4n) is 4.14. The van der Waals surface area contributed by atoms with Crippen molar-refractivity contribution in [3.63, 3.8) is 0 Å². The van der Waals surface area contributed by atoms with Gasteiger partial charge in [-0.2, -0.15) is 0 Å². The maximum atomic E-state index is 13.7. The molecule has 2 heterocycles. The minimum atomic E-state index is -3.75. The first-order valence-electron chi connectivity index (χ1n) is 9.30. The van der Waals surface area contributed by atoms with Crippen LogP contribution in [0.3, 0.4) is 0 Å². The molecule has 4 aromatic carbocycles. The van der Waals surface area contributed by atoms with Gasteiger partial charge in [0.2, 0.25) is 0 Å². The van der Waals surface area contributed by atoms with Gasteiger partial charge < -0.3 is 0 Å². The summed E-state index contributed by atoms with van der Waals surface area (Å²) >= 11 is 1.65. The summed E-state index contributed by atoms with van der Waals surface area (Å²) in [5.41, 5.74) is 1.46. The number of para-hydroxylation sites is 1. The quantitative estimate of drug-likeness (QED) is 0.329. The highest BCUT2D eigenvalue weighted by Crippen LogP contribution is 2.42. The summed E-state index contributed by atoms with van der Waals surface area (Å²) in [6.07, 6.45) is 0. The van der Waals surface area contributed by atoms with Gasteiger partial charge in [-0.25, -0.2) is 12.4 Å². The standard InChI is InChI=1S/C24H15NO2S2/c26-29(27,16-8-2-1-3-9-16)25-21-12-6-4-10-17(21)19-14-15-20-18-11-5-7-13-22(18)28-24(20)23(19)25/h1-15H. The maximum absolute atomic E-state index is 13.7. The number of hydrogen-bond donors (Lipinski definition) is 0. The van der Waals surface area contributed by atoms with Gasteiger partial charge in [-0.15, -0.1) is 11.3 Å². The predicted octanol–water partition coefficient (Wildman–Crippen LogP) is 6.40. The minimum Gasteiger partial charge on any atom is -0.232 e. The van der Waals surface area contributed by atoms with E-state index in [1.165, 1.54) is 3.97 Å². The second kappa shape index (κ2) is 5.92. The first-order valence-corrected chi connectivity index (χ1v) is 11.6. The smallest absolute Gasteiger partial charge is 0.232 e. The largest absolute Gasteiger partial charge is 0.268 e. The van der Waals surface area contributed by atoms with Crippen LogP contribution < -0.4 is 0 Å². The summed E-state index contributed by atoms with van der Waals surface area (Å²) in [4.78, 5) is 0.292. The van der Waals surface area contributed by atoms with Crippen LogP contribution in [-0.2, 0) is 10.0 Å². The van der Waals surface area contributed by atoms with Gasteiger partial charge in [-0.3, -0.25) is 0 Å². The highest BCUT2D eigenvalue weighted by Gasteiger charge is 2.25. The SMILES string of the molecule is O=S(=O)(c1ccccc1)n1c2ccccc2c2ccc3c4ccccc4sc3c21. The van der Waals surface area contributed by atoms with Crippen molar-refractivity contribution >= 4 is 63.3 Å². The van der Waals surface area contributed by atoms with Gasteiger partial charge in [-0.05, 0) is 24.3 Å². The summed E-state index contributed by atoms with van der Waals surface area (Å²) in [5, 5.41) is 4.15. The number of thiophene rings is 1. The van der Waals surface area contributed by atoms with Crippen molar-refractivity contribution in [2.75, 3.05) is 0 Å². The van der Waals surface area contributed by atoms with Crippen LogP contribution in [0.15, 0.2) is 95.9 Å². The average molecular weight is 414 g/mol. The van der Waals surface area contributed by atoms with Crippen molar-refractivity contribution in [1.29, 1.82) is 0 Å². The van der Waals surface area contributed by atoms with E-state index in [2.05, 4.69) is 24.3 Å². The van der Waals surface area contributed by atoms with Crippen LogP contribution in [-0.4, -0.2) is 12.4 Å². The lowest BCUT2D eigenvalue weighted by Crippen LogP contribution is -2.12. The third-order valence-corrected chi connectivity index (χ3v) is 8.34. The molecule has 0 N–H and O–H groups in total. The van der Waals surface area contributed by atoms with Gasteiger partial charge in [-0.1, -0.05) is 66.7 Å². The molecule has 3 nitrogen and oxygen atoms in total.